The molecular weight excluding hydrogens is 378 g/mol. The summed E-state index contributed by atoms with van der Waals surface area (Å²) in [5.74, 6) is -0.309. The molecule has 0 aliphatic carbocycles. The standard InChI is InChI=1S/C16H29BrO2.C5H5N/c1-3-16(18)19-15(2)13-11-9-7-5-4-6-8-10-12-14-17;1-2-4-6-5-3-1/h3,15H,1,4-14H2,2H3;1-5H. The largest absolute Gasteiger partial charge is 0.460 e. The number of halogens is 1. The van der Waals surface area contributed by atoms with Crippen molar-refractivity contribution in [3.8, 4) is 0 Å². The summed E-state index contributed by atoms with van der Waals surface area (Å²) in [6.07, 6.45) is 17.5. The summed E-state index contributed by atoms with van der Waals surface area (Å²) < 4.78 is 5.12. The van der Waals surface area contributed by atoms with Gasteiger partial charge in [-0.05, 0) is 38.3 Å². The van der Waals surface area contributed by atoms with Gasteiger partial charge in [0.25, 0.3) is 0 Å². The van der Waals surface area contributed by atoms with Crippen molar-refractivity contribution in [1.82, 2.24) is 4.98 Å². The Morgan fingerprint density at radius 3 is 1.92 bits per heavy atom. The van der Waals surface area contributed by atoms with Gasteiger partial charge in [0.2, 0.25) is 0 Å². The molecule has 0 saturated heterocycles. The maximum absolute atomic E-state index is 11.0. The third-order valence-electron chi connectivity index (χ3n) is 3.79. The van der Waals surface area contributed by atoms with Gasteiger partial charge in [0.05, 0.1) is 6.10 Å². The van der Waals surface area contributed by atoms with Crippen LogP contribution in [0.5, 0.6) is 0 Å². The highest BCUT2D eigenvalue weighted by Crippen LogP contribution is 2.12. The van der Waals surface area contributed by atoms with Crippen molar-refractivity contribution in [1.29, 1.82) is 0 Å². The number of rotatable bonds is 13. The number of pyridine rings is 1. The number of esters is 1. The second kappa shape index (κ2) is 19.2. The fourth-order valence-electron chi connectivity index (χ4n) is 2.38. The Bertz CT molecular complexity index is 385. The third kappa shape index (κ3) is 19.0. The van der Waals surface area contributed by atoms with Gasteiger partial charge >= 0.3 is 5.97 Å². The molecule has 1 unspecified atom stereocenters. The summed E-state index contributed by atoms with van der Waals surface area (Å²) >= 11 is 3.45. The summed E-state index contributed by atoms with van der Waals surface area (Å²) in [6.45, 7) is 5.34. The van der Waals surface area contributed by atoms with Gasteiger partial charge in [-0.1, -0.05) is 73.5 Å². The van der Waals surface area contributed by atoms with Crippen molar-refractivity contribution in [2.24, 2.45) is 0 Å². The molecule has 0 fully saturated rings. The van der Waals surface area contributed by atoms with Gasteiger partial charge in [-0.25, -0.2) is 4.79 Å². The summed E-state index contributed by atoms with van der Waals surface area (Å²) in [7, 11) is 0. The van der Waals surface area contributed by atoms with E-state index in [9.17, 15) is 4.79 Å². The van der Waals surface area contributed by atoms with E-state index in [1.807, 2.05) is 25.1 Å². The predicted octanol–water partition coefficient (Wildman–Crippen LogP) is 6.48. The Morgan fingerprint density at radius 2 is 1.52 bits per heavy atom. The number of unbranched alkanes of at least 4 members (excludes halogenated alkanes) is 8. The quantitative estimate of drug-likeness (QED) is 0.161. The highest BCUT2D eigenvalue weighted by Gasteiger charge is 2.05. The lowest BCUT2D eigenvalue weighted by Crippen LogP contribution is -2.12. The molecule has 0 N–H and O–H groups in total. The van der Waals surface area contributed by atoms with Crippen molar-refractivity contribution < 1.29 is 9.53 Å². The molecule has 1 aromatic heterocycles. The first-order valence-electron chi connectivity index (χ1n) is 9.44. The summed E-state index contributed by atoms with van der Waals surface area (Å²) in [6, 6.07) is 5.72. The number of aromatic nitrogens is 1. The first-order chi connectivity index (χ1) is 12.2. The van der Waals surface area contributed by atoms with E-state index >= 15 is 0 Å². The summed E-state index contributed by atoms with van der Waals surface area (Å²) in [5.41, 5.74) is 0. The first-order valence-corrected chi connectivity index (χ1v) is 10.6. The lowest BCUT2D eigenvalue weighted by Gasteiger charge is -2.11. The maximum atomic E-state index is 11.0. The lowest BCUT2D eigenvalue weighted by atomic mass is 10.1. The highest BCUT2D eigenvalue weighted by molar-refractivity contribution is 9.09. The second-order valence-corrected chi connectivity index (χ2v) is 6.93. The van der Waals surface area contributed by atoms with E-state index in [1.165, 1.54) is 57.4 Å². The molecule has 0 aromatic carbocycles. The zero-order valence-corrected chi connectivity index (χ0v) is 17.3. The third-order valence-corrected chi connectivity index (χ3v) is 4.36. The van der Waals surface area contributed by atoms with Gasteiger partial charge in [0.1, 0.15) is 0 Å². The number of hydrogen-bond acceptors (Lipinski definition) is 3. The smallest absolute Gasteiger partial charge is 0.330 e. The molecule has 142 valence electrons. The van der Waals surface area contributed by atoms with Gasteiger partial charge in [-0.2, -0.15) is 0 Å². The molecular formula is C21H34BrNO2. The summed E-state index contributed by atoms with van der Waals surface area (Å²) in [4.78, 5) is 14.7. The van der Waals surface area contributed by atoms with Gasteiger partial charge in [-0.15, -0.1) is 0 Å². The molecule has 0 spiro atoms. The van der Waals surface area contributed by atoms with Gasteiger partial charge in [0, 0.05) is 23.8 Å². The molecule has 0 saturated carbocycles. The minimum Gasteiger partial charge on any atom is -0.460 e. The molecule has 1 rings (SSSR count). The number of ether oxygens (including phenoxy) is 1. The topological polar surface area (TPSA) is 39.2 Å². The van der Waals surface area contributed by atoms with Crippen LogP contribution in [-0.2, 0) is 9.53 Å². The molecule has 0 aliphatic rings. The SMILES string of the molecule is C=CC(=O)OC(C)CCCCCCCCCCCBr.c1ccncc1. The van der Waals surface area contributed by atoms with Gasteiger partial charge < -0.3 is 4.74 Å². The number of nitrogens with zero attached hydrogens (tertiary/aromatic N) is 1. The van der Waals surface area contributed by atoms with Crippen LogP contribution in [0.1, 0.15) is 71.1 Å². The van der Waals surface area contributed by atoms with E-state index in [4.69, 9.17) is 4.74 Å². The molecule has 0 bridgehead atoms. The fourth-order valence-corrected chi connectivity index (χ4v) is 2.78. The van der Waals surface area contributed by atoms with Crippen molar-refractivity contribution in [2.75, 3.05) is 5.33 Å². The molecule has 0 aliphatic heterocycles. The second-order valence-electron chi connectivity index (χ2n) is 6.14. The Hall–Kier alpha value is -1.16. The van der Waals surface area contributed by atoms with Crippen LogP contribution < -0.4 is 0 Å². The molecule has 3 nitrogen and oxygen atoms in total. The molecule has 0 amide bonds. The average Bonchev–Trinajstić information content (AvgIpc) is 2.65. The van der Waals surface area contributed by atoms with E-state index in [1.54, 1.807) is 12.4 Å². The Kier molecular flexibility index (Phi) is 18.3. The number of carbonyl (C=O) groups is 1. The molecule has 1 heterocycles. The lowest BCUT2D eigenvalue weighted by molar-refractivity contribution is -0.142. The van der Waals surface area contributed by atoms with E-state index < -0.39 is 0 Å². The molecule has 25 heavy (non-hydrogen) atoms. The zero-order chi connectivity index (χ0) is 18.6. The number of alkyl halides is 1. The average molecular weight is 412 g/mol. The van der Waals surface area contributed by atoms with Crippen molar-refractivity contribution in [2.45, 2.75) is 77.2 Å². The van der Waals surface area contributed by atoms with E-state index in [0.29, 0.717) is 0 Å². The van der Waals surface area contributed by atoms with Crippen LogP contribution >= 0.6 is 15.9 Å². The summed E-state index contributed by atoms with van der Waals surface area (Å²) in [5, 5.41) is 1.14. The molecule has 0 radical (unpaired) electrons. The van der Waals surface area contributed by atoms with Gasteiger partial charge in [-0.3, -0.25) is 4.98 Å². The van der Waals surface area contributed by atoms with Crippen LogP contribution in [0, 0.1) is 0 Å². The fraction of sp³-hybridized carbons (Fsp3) is 0.619. The highest BCUT2D eigenvalue weighted by atomic mass is 79.9. The Balaban J connectivity index is 0.000000796. The van der Waals surface area contributed by atoms with Crippen LogP contribution in [0.3, 0.4) is 0 Å². The number of hydrogen-bond donors (Lipinski definition) is 0. The minimum absolute atomic E-state index is 0.0229. The predicted molar refractivity (Wildman–Crippen MR) is 110 cm³/mol. The van der Waals surface area contributed by atoms with Crippen LogP contribution in [0.25, 0.3) is 0 Å². The van der Waals surface area contributed by atoms with Crippen LogP contribution in [0.15, 0.2) is 43.2 Å². The molecule has 1 atom stereocenters. The molecule has 4 heteroatoms. The minimum atomic E-state index is -0.309. The zero-order valence-electron chi connectivity index (χ0n) is 15.7. The van der Waals surface area contributed by atoms with Crippen molar-refractivity contribution >= 4 is 21.9 Å². The van der Waals surface area contributed by atoms with Crippen LogP contribution in [-0.4, -0.2) is 22.4 Å². The normalized spacial score (nSPS) is 11.1. The van der Waals surface area contributed by atoms with Crippen LogP contribution in [0.4, 0.5) is 0 Å². The van der Waals surface area contributed by atoms with Crippen molar-refractivity contribution in [3.63, 3.8) is 0 Å². The maximum Gasteiger partial charge on any atom is 0.330 e. The Labute approximate surface area is 162 Å². The van der Waals surface area contributed by atoms with E-state index in [2.05, 4.69) is 27.5 Å². The van der Waals surface area contributed by atoms with Crippen LogP contribution in [0.2, 0.25) is 0 Å². The first kappa shape index (κ1) is 23.8. The van der Waals surface area contributed by atoms with Gasteiger partial charge in [0.15, 0.2) is 0 Å². The van der Waals surface area contributed by atoms with E-state index in [-0.39, 0.29) is 12.1 Å². The Morgan fingerprint density at radius 1 is 1.00 bits per heavy atom. The number of carbonyl (C=O) groups excluding carboxylic acids is 1. The van der Waals surface area contributed by atoms with E-state index in [0.717, 1.165) is 18.2 Å². The van der Waals surface area contributed by atoms with Crippen molar-refractivity contribution in [3.05, 3.63) is 43.2 Å². The monoisotopic (exact) mass is 411 g/mol. The molecule has 1 aromatic rings.